The predicted octanol–water partition coefficient (Wildman–Crippen LogP) is 5.85. The first-order valence-electron chi connectivity index (χ1n) is 7.71. The maximum Gasteiger partial charge on any atom is 4.00 e. The minimum atomic E-state index is -0.687. The molecule has 2 aromatic carbocycles. The Bertz CT molecular complexity index is 967. The van der Waals surface area contributed by atoms with Crippen molar-refractivity contribution in [3.8, 4) is 5.69 Å². The largest absolute Gasteiger partial charge is 4.00 e. The Morgan fingerprint density at radius 1 is 0.828 bits per heavy atom. The molecule has 0 spiro atoms. The third-order valence-electron chi connectivity index (χ3n) is 3.55. The fourth-order valence-corrected chi connectivity index (χ4v) is 2.35. The molecule has 4 rings (SSSR count). The number of hydrogen-bond acceptors (Lipinski definition) is 0. The van der Waals surface area contributed by atoms with Gasteiger partial charge < -0.3 is 19.4 Å². The molecule has 0 atom stereocenters. The molecule has 0 unspecified atom stereocenters. The monoisotopic (exact) mass is 435 g/mol. The zero-order valence-corrected chi connectivity index (χ0v) is 17.5. The average molecular weight is 435 g/mol. The second-order valence-corrected chi connectivity index (χ2v) is 5.31. The summed E-state index contributed by atoms with van der Waals surface area (Å²) in [4.78, 5) is 0. The number of aromatic nitrogens is 1. The maximum atomic E-state index is 13.1. The van der Waals surface area contributed by atoms with Gasteiger partial charge in [-0.2, -0.15) is 0 Å². The summed E-state index contributed by atoms with van der Waals surface area (Å²) >= 11 is 0. The fourth-order valence-electron chi connectivity index (χ4n) is 2.35. The van der Waals surface area contributed by atoms with Gasteiger partial charge in [0.25, 0.3) is 0 Å². The Kier molecular flexibility index (Phi) is 11.2. The Balaban J connectivity index is 0.000000490. The standard InChI is InChI=1S/C10H7F2N.C10H6F2N.2CH3.Ti/c2*11-8-3-4-10(9(12)7-8)13-5-1-2-6-13;;;/h1,3-6H,2H2;1-6H;2*1H3;/q;3*-1;+4. The van der Waals surface area contributed by atoms with Crippen LogP contribution in [0.2, 0.25) is 0 Å². The van der Waals surface area contributed by atoms with Crippen LogP contribution < -0.4 is 0 Å². The number of benzene rings is 2. The van der Waals surface area contributed by atoms with Crippen molar-refractivity contribution in [2.24, 2.45) is 0 Å². The predicted molar refractivity (Wildman–Crippen MR) is 102 cm³/mol. The molecule has 148 valence electrons. The van der Waals surface area contributed by atoms with Crippen molar-refractivity contribution < 1.29 is 43.9 Å². The van der Waals surface area contributed by atoms with E-state index in [0.717, 1.165) is 6.42 Å². The van der Waals surface area contributed by atoms with Crippen molar-refractivity contribution in [3.63, 3.8) is 0 Å². The van der Waals surface area contributed by atoms with Crippen LogP contribution in [0.4, 0.5) is 23.2 Å². The Labute approximate surface area is 183 Å². The van der Waals surface area contributed by atoms with Crippen molar-refractivity contribution in [1.82, 2.24) is 4.57 Å². The van der Waals surface area contributed by atoms with Crippen LogP contribution in [0.3, 0.4) is 0 Å². The van der Waals surface area contributed by atoms with Gasteiger partial charge in [-0.1, -0.05) is 6.07 Å². The van der Waals surface area contributed by atoms with E-state index in [2.05, 4.69) is 0 Å². The molecule has 0 N–H and O–H groups in total. The number of rotatable bonds is 2. The van der Waals surface area contributed by atoms with Gasteiger partial charge in [0.1, 0.15) is 11.9 Å². The van der Waals surface area contributed by atoms with Crippen molar-refractivity contribution in [3.05, 3.63) is 111 Å². The van der Waals surface area contributed by atoms with Crippen LogP contribution in [0.15, 0.2) is 61.1 Å². The summed E-state index contributed by atoms with van der Waals surface area (Å²) in [5.74, 6) is -2.71. The quantitative estimate of drug-likeness (QED) is 0.207. The number of allylic oxidation sites excluding steroid dienone is 1. The van der Waals surface area contributed by atoms with Gasteiger partial charge in [0.15, 0.2) is 6.20 Å². The third-order valence-corrected chi connectivity index (χ3v) is 3.55. The topological polar surface area (TPSA) is 7.94 Å². The van der Waals surface area contributed by atoms with Gasteiger partial charge >= 0.3 is 21.7 Å². The van der Waals surface area contributed by atoms with Gasteiger partial charge in [-0.15, -0.1) is 30.3 Å². The minimum absolute atomic E-state index is 0. The molecule has 1 aromatic heterocycles. The van der Waals surface area contributed by atoms with Gasteiger partial charge in [0, 0.05) is 23.9 Å². The number of halogens is 4. The van der Waals surface area contributed by atoms with E-state index in [9.17, 15) is 17.6 Å². The van der Waals surface area contributed by atoms with Gasteiger partial charge in [-0.3, -0.25) is 0 Å². The summed E-state index contributed by atoms with van der Waals surface area (Å²) in [7, 11) is 0. The molecule has 0 saturated carbocycles. The summed E-state index contributed by atoms with van der Waals surface area (Å²) in [6.07, 6.45) is 9.59. The van der Waals surface area contributed by atoms with Crippen LogP contribution in [0.1, 0.15) is 6.42 Å². The summed E-state index contributed by atoms with van der Waals surface area (Å²) in [6, 6.07) is 12.6. The van der Waals surface area contributed by atoms with Gasteiger partial charge in [0.2, 0.25) is 0 Å². The molecule has 2 heterocycles. The molecule has 2 nitrogen and oxygen atoms in total. The van der Waals surface area contributed by atoms with E-state index in [1.165, 1.54) is 24.3 Å². The van der Waals surface area contributed by atoms with Crippen LogP contribution in [-0.4, -0.2) is 15.4 Å². The molecular weight excluding hydrogens is 416 g/mol. The Morgan fingerprint density at radius 3 is 1.93 bits per heavy atom. The molecule has 0 bridgehead atoms. The smallest absolute Gasteiger partial charge is 0.375 e. The normalized spacial score (nSPS) is 11.2. The SMILES string of the molecule is Fc1[c-]c(F)c(-n2cccc2)cc1.Fc1[c-]c(F)c([N+]2=CCC=C2)cc1.[CH3-].[CH3-].[Ti+4]. The zero-order chi connectivity index (χ0) is 18.5. The first kappa shape index (κ1) is 26.6. The van der Waals surface area contributed by atoms with E-state index in [1.54, 1.807) is 39.9 Å². The van der Waals surface area contributed by atoms with Gasteiger partial charge in [0.05, 0.1) is 5.82 Å². The maximum absolute atomic E-state index is 13.1. The van der Waals surface area contributed by atoms with Crippen LogP contribution in [0.5, 0.6) is 0 Å². The van der Waals surface area contributed by atoms with E-state index in [0.29, 0.717) is 11.4 Å². The summed E-state index contributed by atoms with van der Waals surface area (Å²) in [5.41, 5.74) is 0.626. The van der Waals surface area contributed by atoms with Crippen LogP contribution >= 0.6 is 0 Å². The Hall–Kier alpha value is -2.44. The molecule has 7 heteroatoms. The van der Waals surface area contributed by atoms with Crippen LogP contribution in [0.25, 0.3) is 5.69 Å². The molecule has 0 radical (unpaired) electrons. The van der Waals surface area contributed by atoms with E-state index in [4.69, 9.17) is 0 Å². The first-order valence-corrected chi connectivity index (χ1v) is 7.71. The van der Waals surface area contributed by atoms with Crippen molar-refractivity contribution in [1.29, 1.82) is 0 Å². The van der Waals surface area contributed by atoms with Crippen molar-refractivity contribution in [2.75, 3.05) is 0 Å². The first-order chi connectivity index (χ1) is 12.5. The van der Waals surface area contributed by atoms with Gasteiger partial charge in [-0.05, 0) is 36.3 Å². The van der Waals surface area contributed by atoms with E-state index in [1.807, 2.05) is 24.4 Å². The molecule has 0 fully saturated rings. The molecule has 1 aliphatic rings. The molecule has 0 aliphatic carbocycles. The van der Waals surface area contributed by atoms with E-state index < -0.39 is 23.3 Å². The number of nitrogens with zero attached hydrogens (tertiary/aromatic N) is 2. The Morgan fingerprint density at radius 2 is 1.41 bits per heavy atom. The second-order valence-electron chi connectivity index (χ2n) is 5.31. The van der Waals surface area contributed by atoms with Crippen molar-refractivity contribution in [2.45, 2.75) is 6.42 Å². The molecule has 29 heavy (non-hydrogen) atoms. The summed E-state index contributed by atoms with van der Waals surface area (Å²) < 4.78 is 54.4. The van der Waals surface area contributed by atoms with Crippen LogP contribution in [0, 0.1) is 50.3 Å². The minimum Gasteiger partial charge on any atom is -0.375 e. The summed E-state index contributed by atoms with van der Waals surface area (Å²) in [5, 5.41) is 0. The van der Waals surface area contributed by atoms with Crippen LogP contribution in [-0.2, 0) is 21.7 Å². The van der Waals surface area contributed by atoms with Crippen molar-refractivity contribution >= 4 is 11.9 Å². The molecule has 3 aromatic rings. The molecular formula is C22H19F4N2Ti+. The average Bonchev–Trinajstić information content (AvgIpc) is 3.29. The molecule has 0 amide bonds. The molecule has 0 saturated heterocycles. The second kappa shape index (κ2) is 12.2. The third kappa shape index (κ3) is 6.84. The van der Waals surface area contributed by atoms with E-state index in [-0.39, 0.29) is 36.6 Å². The zero-order valence-electron chi connectivity index (χ0n) is 16.0. The van der Waals surface area contributed by atoms with Gasteiger partial charge in [-0.25, -0.2) is 22.1 Å². The fraction of sp³-hybridized carbons (Fsp3) is 0.0455. The summed E-state index contributed by atoms with van der Waals surface area (Å²) in [6.45, 7) is 0. The molecule has 1 aliphatic heterocycles. The number of hydrogen-bond donors (Lipinski definition) is 0. The van der Waals surface area contributed by atoms with E-state index >= 15 is 0 Å².